The van der Waals surface area contributed by atoms with Crippen LogP contribution in [0.2, 0.25) is 0 Å². The minimum atomic E-state index is -4.61. The zero-order valence-corrected chi connectivity index (χ0v) is 37.6. The Morgan fingerprint density at radius 3 is 1.57 bits per heavy atom. The van der Waals surface area contributed by atoms with E-state index in [0.717, 1.165) is 96.3 Å². The van der Waals surface area contributed by atoms with Crippen molar-refractivity contribution in [1.82, 2.24) is 0 Å². The van der Waals surface area contributed by atoms with Gasteiger partial charge in [-0.25, -0.2) is 0 Å². The van der Waals surface area contributed by atoms with Crippen molar-refractivity contribution in [3.63, 3.8) is 0 Å². The fourth-order valence-corrected chi connectivity index (χ4v) is 7.23. The molecule has 60 heavy (non-hydrogen) atoms. The van der Waals surface area contributed by atoms with E-state index in [1.807, 2.05) is 0 Å². The molecule has 0 amide bonds. The molecule has 2 unspecified atom stereocenters. The second kappa shape index (κ2) is 37.0. The van der Waals surface area contributed by atoms with Crippen LogP contribution in [0.25, 0.3) is 0 Å². The molecular formula is C47H80O12S. The van der Waals surface area contributed by atoms with Crippen LogP contribution in [0.5, 0.6) is 0 Å². The van der Waals surface area contributed by atoms with Crippen LogP contribution in [0.3, 0.4) is 0 Å². The van der Waals surface area contributed by atoms with Crippen molar-refractivity contribution in [3.8, 4) is 0 Å². The first-order valence-electron chi connectivity index (χ1n) is 22.8. The number of aliphatic hydroxyl groups excluding tert-OH is 3. The molecule has 0 aliphatic carbocycles. The molecule has 1 heterocycles. The number of unbranched alkanes of at least 4 members (excludes halogenated alkanes) is 15. The SMILES string of the molecule is CC/C=C/C/C=C/C/C=C/CCCCCCCC(=O)OC[C@H](CO[C@H]1O[C@H](CS(=O)(=O)O)[C@@H](O)C(O)C1O)OC(=O)CCCCCCCCC/C=C/C/C=C/CCCCC. The summed E-state index contributed by atoms with van der Waals surface area (Å²) in [4.78, 5) is 25.4. The Labute approximate surface area is 362 Å². The molecule has 1 aliphatic rings. The molecule has 4 N–H and O–H groups in total. The van der Waals surface area contributed by atoms with Gasteiger partial charge in [-0.1, -0.05) is 139 Å². The van der Waals surface area contributed by atoms with Crippen LogP contribution in [0, 0.1) is 0 Å². The van der Waals surface area contributed by atoms with Crippen molar-refractivity contribution in [1.29, 1.82) is 0 Å². The lowest BCUT2D eigenvalue weighted by Crippen LogP contribution is -2.60. The fourth-order valence-electron chi connectivity index (χ4n) is 6.54. The smallest absolute Gasteiger partial charge is 0.306 e. The van der Waals surface area contributed by atoms with Crippen molar-refractivity contribution in [2.45, 2.75) is 205 Å². The number of hydrogen-bond donors (Lipinski definition) is 4. The van der Waals surface area contributed by atoms with Crippen molar-refractivity contribution in [2.75, 3.05) is 19.0 Å². The molecule has 13 heteroatoms. The highest BCUT2D eigenvalue weighted by atomic mass is 32.2. The van der Waals surface area contributed by atoms with Gasteiger partial charge in [0.15, 0.2) is 12.4 Å². The average molecular weight is 869 g/mol. The van der Waals surface area contributed by atoms with Crippen LogP contribution >= 0.6 is 0 Å². The van der Waals surface area contributed by atoms with Gasteiger partial charge in [0.2, 0.25) is 0 Å². The maximum Gasteiger partial charge on any atom is 0.306 e. The molecule has 6 atom stereocenters. The summed E-state index contributed by atoms with van der Waals surface area (Å²) >= 11 is 0. The second-order valence-electron chi connectivity index (χ2n) is 15.7. The molecule has 1 rings (SSSR count). The highest BCUT2D eigenvalue weighted by molar-refractivity contribution is 7.85. The lowest BCUT2D eigenvalue weighted by molar-refractivity contribution is -0.297. The Balaban J connectivity index is 2.46. The quantitative estimate of drug-likeness (QED) is 0.0201. The molecule has 0 aromatic heterocycles. The Morgan fingerprint density at radius 1 is 0.583 bits per heavy atom. The van der Waals surface area contributed by atoms with Gasteiger partial charge in [-0.2, -0.15) is 8.42 Å². The lowest BCUT2D eigenvalue weighted by Gasteiger charge is -2.40. The number of hydrogen-bond acceptors (Lipinski definition) is 11. The number of ether oxygens (including phenoxy) is 4. The summed E-state index contributed by atoms with van der Waals surface area (Å²) < 4.78 is 54.1. The minimum Gasteiger partial charge on any atom is -0.462 e. The highest BCUT2D eigenvalue weighted by Gasteiger charge is 2.46. The Kier molecular flexibility index (Phi) is 34.1. The highest BCUT2D eigenvalue weighted by Crippen LogP contribution is 2.24. The van der Waals surface area contributed by atoms with E-state index in [1.54, 1.807) is 0 Å². The number of esters is 2. The van der Waals surface area contributed by atoms with Crippen LogP contribution in [0.15, 0.2) is 60.8 Å². The number of aliphatic hydroxyl groups is 3. The summed E-state index contributed by atoms with van der Waals surface area (Å²) in [6.45, 7) is 3.59. The molecule has 1 aliphatic heterocycles. The molecule has 0 spiro atoms. The topological polar surface area (TPSA) is 186 Å². The summed E-state index contributed by atoms with van der Waals surface area (Å²) in [5.74, 6) is -2.02. The van der Waals surface area contributed by atoms with E-state index < -0.39 is 71.2 Å². The predicted octanol–water partition coefficient (Wildman–Crippen LogP) is 9.34. The van der Waals surface area contributed by atoms with Gasteiger partial charge in [0, 0.05) is 12.8 Å². The van der Waals surface area contributed by atoms with Crippen LogP contribution in [0.1, 0.15) is 168 Å². The first kappa shape index (κ1) is 55.4. The molecule has 0 saturated carbocycles. The van der Waals surface area contributed by atoms with E-state index in [4.69, 9.17) is 18.9 Å². The molecule has 0 bridgehead atoms. The van der Waals surface area contributed by atoms with Gasteiger partial charge in [0.1, 0.15) is 36.8 Å². The molecule has 0 aromatic carbocycles. The van der Waals surface area contributed by atoms with Gasteiger partial charge < -0.3 is 34.3 Å². The Hall–Kier alpha value is -2.65. The average Bonchev–Trinajstić information content (AvgIpc) is 3.21. The largest absolute Gasteiger partial charge is 0.462 e. The molecule has 0 aromatic rings. The van der Waals surface area contributed by atoms with Crippen molar-refractivity contribution in [3.05, 3.63) is 60.8 Å². The van der Waals surface area contributed by atoms with Gasteiger partial charge in [0.25, 0.3) is 10.1 Å². The van der Waals surface area contributed by atoms with Gasteiger partial charge in [-0.3, -0.25) is 14.1 Å². The zero-order valence-electron chi connectivity index (χ0n) is 36.8. The third-order valence-electron chi connectivity index (χ3n) is 10.1. The van der Waals surface area contributed by atoms with Crippen molar-refractivity contribution < 1.29 is 56.8 Å². The summed E-state index contributed by atoms with van der Waals surface area (Å²) in [6.07, 6.45) is 35.4. The van der Waals surface area contributed by atoms with Crippen LogP contribution in [0.4, 0.5) is 0 Å². The normalized spacial score (nSPS) is 20.7. The van der Waals surface area contributed by atoms with Gasteiger partial charge in [0.05, 0.1) is 6.61 Å². The molecule has 0 radical (unpaired) electrons. The second-order valence-corrected chi connectivity index (χ2v) is 17.2. The zero-order chi connectivity index (χ0) is 44.1. The Morgan fingerprint density at radius 2 is 1.05 bits per heavy atom. The molecular weight excluding hydrogens is 789 g/mol. The van der Waals surface area contributed by atoms with Gasteiger partial charge in [-0.05, 0) is 77.0 Å². The van der Waals surface area contributed by atoms with Gasteiger partial charge >= 0.3 is 11.9 Å². The predicted molar refractivity (Wildman–Crippen MR) is 238 cm³/mol. The van der Waals surface area contributed by atoms with Gasteiger partial charge in [-0.15, -0.1) is 0 Å². The molecule has 12 nitrogen and oxygen atoms in total. The summed E-state index contributed by atoms with van der Waals surface area (Å²) in [5.41, 5.74) is 0. The van der Waals surface area contributed by atoms with Crippen LogP contribution in [-0.2, 0) is 38.7 Å². The number of rotatable bonds is 37. The van der Waals surface area contributed by atoms with E-state index >= 15 is 0 Å². The number of carbonyl (C=O) groups excluding carboxylic acids is 2. The molecule has 1 saturated heterocycles. The fraction of sp³-hybridized carbons (Fsp3) is 0.745. The molecule has 1 fully saturated rings. The summed E-state index contributed by atoms with van der Waals surface area (Å²) in [5, 5.41) is 30.9. The van der Waals surface area contributed by atoms with Crippen LogP contribution < -0.4 is 0 Å². The van der Waals surface area contributed by atoms with Crippen molar-refractivity contribution in [2.24, 2.45) is 0 Å². The van der Waals surface area contributed by atoms with E-state index in [-0.39, 0.29) is 19.4 Å². The lowest BCUT2D eigenvalue weighted by atomic mass is 10.00. The third-order valence-corrected chi connectivity index (χ3v) is 10.8. The van der Waals surface area contributed by atoms with Crippen molar-refractivity contribution >= 4 is 22.1 Å². The maximum atomic E-state index is 12.8. The summed E-state index contributed by atoms with van der Waals surface area (Å²) in [7, 11) is -4.61. The first-order chi connectivity index (χ1) is 29.0. The third kappa shape index (κ3) is 31.2. The first-order valence-corrected chi connectivity index (χ1v) is 24.5. The summed E-state index contributed by atoms with van der Waals surface area (Å²) in [6, 6.07) is 0. The van der Waals surface area contributed by atoms with Crippen LogP contribution in [-0.4, -0.2) is 96.0 Å². The monoisotopic (exact) mass is 869 g/mol. The minimum absolute atomic E-state index is 0.149. The van der Waals surface area contributed by atoms with E-state index in [0.29, 0.717) is 12.8 Å². The van der Waals surface area contributed by atoms with E-state index in [1.165, 1.54) is 32.1 Å². The standard InChI is InChI=1S/C47H80O12S/c1-3-5-7-9-11-13-15-17-19-20-22-24-26-28-30-32-34-36-43(49)58-40(38-57-47-46(52)45(51)44(50)41(59-47)39-60(53,54)55)37-56-42(48)35-33-31-29-27-25-23-21-18-16-14-12-10-8-6-4-2/h6,8,11-14,17-19,21,40-41,44-47,50-52H,3-5,7,9-10,15-16,20,22-39H2,1-2H3,(H,53,54,55)/b8-6+,13-11+,14-12+,19-17+,21-18+/t40-,41-,44-,45?,46?,47+/m1/s1. The Bertz CT molecular complexity index is 1340. The van der Waals surface area contributed by atoms with E-state index in [2.05, 4.69) is 74.6 Å². The number of carbonyl (C=O) groups is 2. The maximum absolute atomic E-state index is 12.8. The number of allylic oxidation sites excluding steroid dienone is 10. The molecule has 346 valence electrons. The van der Waals surface area contributed by atoms with E-state index in [9.17, 15) is 37.9 Å².